The molecule has 0 aliphatic heterocycles. The molecule has 0 heterocycles. The summed E-state index contributed by atoms with van der Waals surface area (Å²) in [4.78, 5) is 28.4. The van der Waals surface area contributed by atoms with E-state index in [0.29, 0.717) is 19.7 Å². The van der Waals surface area contributed by atoms with Crippen LogP contribution >= 0.6 is 11.8 Å². The first-order chi connectivity index (χ1) is 17.1. The molecule has 0 saturated carbocycles. The van der Waals surface area contributed by atoms with E-state index in [1.165, 1.54) is 5.56 Å². The SMILES string of the molecule is C=CCNC(=O)N(CCCc1ccccc1)c1ccc(Sc2ccc(CC(=O)OCC)cc2)cc1. The van der Waals surface area contributed by atoms with Gasteiger partial charge in [0.05, 0.1) is 13.0 Å². The summed E-state index contributed by atoms with van der Waals surface area (Å²) in [5.74, 6) is -0.214. The first kappa shape index (κ1) is 26.1. The van der Waals surface area contributed by atoms with E-state index in [1.54, 1.807) is 29.7 Å². The van der Waals surface area contributed by atoms with Gasteiger partial charge in [0.2, 0.25) is 0 Å². The first-order valence-corrected chi connectivity index (χ1v) is 12.6. The highest BCUT2D eigenvalue weighted by Gasteiger charge is 2.15. The lowest BCUT2D eigenvalue weighted by Gasteiger charge is -2.23. The van der Waals surface area contributed by atoms with Crippen molar-refractivity contribution in [2.45, 2.75) is 36.0 Å². The third kappa shape index (κ3) is 8.65. The van der Waals surface area contributed by atoms with E-state index < -0.39 is 0 Å². The van der Waals surface area contributed by atoms with Gasteiger partial charge in [0.1, 0.15) is 0 Å². The second kappa shape index (κ2) is 14.0. The predicted octanol–water partition coefficient (Wildman–Crippen LogP) is 6.28. The number of anilines is 1. The first-order valence-electron chi connectivity index (χ1n) is 11.8. The number of nitrogens with zero attached hydrogens (tertiary/aromatic N) is 1. The monoisotopic (exact) mass is 488 g/mol. The number of rotatable bonds is 12. The second-order valence-electron chi connectivity index (χ2n) is 7.94. The summed E-state index contributed by atoms with van der Waals surface area (Å²) in [5.41, 5.74) is 3.05. The third-order valence-electron chi connectivity index (χ3n) is 5.29. The Morgan fingerprint density at radius 1 is 0.943 bits per heavy atom. The molecule has 3 aromatic rings. The minimum atomic E-state index is -0.214. The van der Waals surface area contributed by atoms with Crippen molar-refractivity contribution >= 4 is 29.4 Å². The number of carbonyl (C=O) groups is 2. The molecule has 0 bridgehead atoms. The lowest BCUT2D eigenvalue weighted by molar-refractivity contribution is -0.142. The molecule has 0 aromatic heterocycles. The van der Waals surface area contributed by atoms with E-state index in [2.05, 4.69) is 24.0 Å². The van der Waals surface area contributed by atoms with E-state index >= 15 is 0 Å². The van der Waals surface area contributed by atoms with Crippen LogP contribution in [0.15, 0.2) is 101 Å². The number of hydrogen-bond acceptors (Lipinski definition) is 4. The Kier molecular flexibility index (Phi) is 10.5. The quantitative estimate of drug-likeness (QED) is 0.241. The summed E-state index contributed by atoms with van der Waals surface area (Å²) < 4.78 is 5.01. The molecule has 0 spiro atoms. The van der Waals surface area contributed by atoms with Crippen molar-refractivity contribution < 1.29 is 14.3 Å². The molecular weight excluding hydrogens is 456 g/mol. The number of amides is 2. The standard InChI is InChI=1S/C29H32N2O3S/c1-3-20-30-29(33)31(21-8-11-23-9-6-5-7-10-23)25-14-18-27(19-15-25)35-26-16-12-24(13-17-26)22-28(32)34-4-2/h3,5-7,9-10,12-19H,1,4,8,11,20-22H2,2H3,(H,30,33). The Morgan fingerprint density at radius 3 is 2.23 bits per heavy atom. The van der Waals surface area contributed by atoms with Gasteiger partial charge in [0.15, 0.2) is 0 Å². The number of carbonyl (C=O) groups excluding carboxylic acids is 2. The van der Waals surface area contributed by atoms with Crippen molar-refractivity contribution in [1.29, 1.82) is 0 Å². The van der Waals surface area contributed by atoms with Crippen LogP contribution in [0.25, 0.3) is 0 Å². The molecule has 0 aliphatic carbocycles. The maximum absolute atomic E-state index is 12.8. The Labute approximate surface area is 212 Å². The summed E-state index contributed by atoms with van der Waals surface area (Å²) in [6, 6.07) is 26.1. The minimum absolute atomic E-state index is 0.129. The number of aryl methyl sites for hydroxylation is 1. The summed E-state index contributed by atoms with van der Waals surface area (Å²) in [5, 5.41) is 2.89. The van der Waals surface area contributed by atoms with Gasteiger partial charge < -0.3 is 10.1 Å². The largest absolute Gasteiger partial charge is 0.466 e. The van der Waals surface area contributed by atoms with Crippen molar-refractivity contribution in [2.75, 3.05) is 24.6 Å². The van der Waals surface area contributed by atoms with E-state index in [-0.39, 0.29) is 18.4 Å². The summed E-state index contributed by atoms with van der Waals surface area (Å²) in [6.45, 7) is 6.93. The van der Waals surface area contributed by atoms with Gasteiger partial charge >= 0.3 is 12.0 Å². The topological polar surface area (TPSA) is 58.6 Å². The normalized spacial score (nSPS) is 10.4. The molecular formula is C29H32N2O3S. The molecule has 0 saturated heterocycles. The van der Waals surface area contributed by atoms with Crippen molar-refractivity contribution in [3.05, 3.63) is 103 Å². The zero-order chi connectivity index (χ0) is 24.9. The molecule has 0 atom stereocenters. The molecule has 5 nitrogen and oxygen atoms in total. The maximum atomic E-state index is 12.8. The van der Waals surface area contributed by atoms with Gasteiger partial charge in [-0.3, -0.25) is 9.69 Å². The summed E-state index contributed by atoms with van der Waals surface area (Å²) in [7, 11) is 0. The number of hydrogen-bond donors (Lipinski definition) is 1. The van der Waals surface area contributed by atoms with Gasteiger partial charge in [-0.2, -0.15) is 0 Å². The molecule has 35 heavy (non-hydrogen) atoms. The van der Waals surface area contributed by atoms with Gasteiger partial charge in [-0.25, -0.2) is 4.79 Å². The number of esters is 1. The van der Waals surface area contributed by atoms with Crippen LogP contribution in [0.1, 0.15) is 24.5 Å². The summed E-state index contributed by atoms with van der Waals surface area (Å²) in [6.07, 6.45) is 3.73. The molecule has 0 radical (unpaired) electrons. The van der Waals surface area contributed by atoms with Crippen LogP contribution in [0, 0.1) is 0 Å². The van der Waals surface area contributed by atoms with Crippen LogP contribution < -0.4 is 10.2 Å². The molecule has 0 aliphatic rings. The van der Waals surface area contributed by atoms with Crippen LogP contribution in [-0.4, -0.2) is 31.7 Å². The van der Waals surface area contributed by atoms with Crippen molar-refractivity contribution in [3.63, 3.8) is 0 Å². The van der Waals surface area contributed by atoms with Crippen LogP contribution in [-0.2, 0) is 22.4 Å². The van der Waals surface area contributed by atoms with E-state index in [1.807, 2.05) is 66.7 Å². The number of ether oxygens (including phenoxy) is 1. The lowest BCUT2D eigenvalue weighted by Crippen LogP contribution is -2.40. The lowest BCUT2D eigenvalue weighted by atomic mass is 10.1. The fourth-order valence-corrected chi connectivity index (χ4v) is 4.39. The van der Waals surface area contributed by atoms with E-state index in [9.17, 15) is 9.59 Å². The van der Waals surface area contributed by atoms with Crippen molar-refractivity contribution in [2.24, 2.45) is 0 Å². The summed E-state index contributed by atoms with van der Waals surface area (Å²) >= 11 is 1.63. The van der Waals surface area contributed by atoms with Gasteiger partial charge in [-0.05, 0) is 67.3 Å². The van der Waals surface area contributed by atoms with Gasteiger partial charge in [0, 0.05) is 28.6 Å². The molecule has 6 heteroatoms. The Hall–Kier alpha value is -3.51. The Morgan fingerprint density at radius 2 is 1.60 bits per heavy atom. The van der Waals surface area contributed by atoms with Crippen LogP contribution in [0.5, 0.6) is 0 Å². The molecule has 182 valence electrons. The van der Waals surface area contributed by atoms with E-state index in [4.69, 9.17) is 4.74 Å². The van der Waals surface area contributed by atoms with Crippen molar-refractivity contribution in [1.82, 2.24) is 5.32 Å². The highest BCUT2D eigenvalue weighted by atomic mass is 32.2. The number of urea groups is 1. The average molecular weight is 489 g/mol. The molecule has 3 rings (SSSR count). The molecule has 0 unspecified atom stereocenters. The Balaban J connectivity index is 1.62. The molecule has 0 fully saturated rings. The highest BCUT2D eigenvalue weighted by Crippen LogP contribution is 2.30. The fourth-order valence-electron chi connectivity index (χ4n) is 3.57. The van der Waals surface area contributed by atoms with E-state index in [0.717, 1.165) is 33.9 Å². The number of benzene rings is 3. The van der Waals surface area contributed by atoms with Crippen molar-refractivity contribution in [3.8, 4) is 0 Å². The Bertz CT molecular complexity index is 1080. The zero-order valence-electron chi connectivity index (χ0n) is 20.1. The minimum Gasteiger partial charge on any atom is -0.466 e. The second-order valence-corrected chi connectivity index (χ2v) is 9.08. The third-order valence-corrected chi connectivity index (χ3v) is 6.31. The predicted molar refractivity (Wildman–Crippen MR) is 143 cm³/mol. The molecule has 2 amide bonds. The van der Waals surface area contributed by atoms with Crippen LogP contribution in [0.3, 0.4) is 0 Å². The van der Waals surface area contributed by atoms with Gasteiger partial charge in [0.25, 0.3) is 0 Å². The fraction of sp³-hybridized carbons (Fsp3) is 0.241. The molecule has 1 N–H and O–H groups in total. The van der Waals surface area contributed by atoms with Crippen LogP contribution in [0.4, 0.5) is 10.5 Å². The maximum Gasteiger partial charge on any atom is 0.322 e. The number of nitrogens with one attached hydrogen (secondary N) is 1. The average Bonchev–Trinajstić information content (AvgIpc) is 2.88. The van der Waals surface area contributed by atoms with Gasteiger partial charge in [-0.15, -0.1) is 6.58 Å². The van der Waals surface area contributed by atoms with Crippen LogP contribution in [0.2, 0.25) is 0 Å². The smallest absolute Gasteiger partial charge is 0.322 e. The molecule has 3 aromatic carbocycles. The van der Waals surface area contributed by atoms with Gasteiger partial charge in [-0.1, -0.05) is 60.3 Å². The highest BCUT2D eigenvalue weighted by molar-refractivity contribution is 7.99. The zero-order valence-corrected chi connectivity index (χ0v) is 20.9.